The third-order valence-corrected chi connectivity index (χ3v) is 4.78. The van der Waals surface area contributed by atoms with Crippen molar-refractivity contribution in [3.63, 3.8) is 0 Å². The quantitative estimate of drug-likeness (QED) is 0.629. The summed E-state index contributed by atoms with van der Waals surface area (Å²) in [5, 5.41) is 4.68. The van der Waals surface area contributed by atoms with E-state index in [1.54, 1.807) is 0 Å². The van der Waals surface area contributed by atoms with Gasteiger partial charge in [0.1, 0.15) is 10.7 Å². The van der Waals surface area contributed by atoms with Gasteiger partial charge in [0, 0.05) is 10.6 Å². The number of aromatic nitrogens is 2. The third kappa shape index (κ3) is 4.25. The molecular weight excluding hydrogens is 312 g/mol. The number of aryl methyl sites for hydroxylation is 2. The van der Waals surface area contributed by atoms with Crippen molar-refractivity contribution in [2.24, 2.45) is 5.10 Å². The molecule has 2 heterocycles. The first kappa shape index (κ1) is 17.3. The molecule has 0 aliphatic rings. The molecule has 2 aromatic rings. The molecule has 6 nitrogen and oxygen atoms in total. The Hall–Kier alpha value is -2.02. The van der Waals surface area contributed by atoms with Crippen LogP contribution >= 0.6 is 11.3 Å². The van der Waals surface area contributed by atoms with Gasteiger partial charge in [0.2, 0.25) is 5.91 Å². The molecule has 0 radical (unpaired) electrons. The Morgan fingerprint density at radius 3 is 2.83 bits per heavy atom. The number of aromatic amines is 1. The van der Waals surface area contributed by atoms with Crippen molar-refractivity contribution in [1.82, 2.24) is 15.4 Å². The van der Waals surface area contributed by atoms with Crippen LogP contribution in [0.3, 0.4) is 0 Å². The number of carbonyl (C=O) groups is 1. The summed E-state index contributed by atoms with van der Waals surface area (Å²) in [6.07, 6.45) is 3.01. The zero-order valence-electron chi connectivity index (χ0n) is 13.9. The molecule has 0 saturated carbocycles. The van der Waals surface area contributed by atoms with Gasteiger partial charge in [-0.2, -0.15) is 5.10 Å². The van der Waals surface area contributed by atoms with Crippen LogP contribution in [-0.4, -0.2) is 21.6 Å². The standard InChI is InChI=1S/C16H22N4O2S/c1-5-6-7-9(2)19-20-13(21)8-12-17-15(22)14-10(3)11(4)23-16(14)18-12/h5-8H2,1-4H3,(H,20,21)(H,17,18,22)/b19-9-. The van der Waals surface area contributed by atoms with Crippen LogP contribution in [0, 0.1) is 13.8 Å². The lowest BCUT2D eigenvalue weighted by Crippen LogP contribution is -2.23. The number of fused-ring (bicyclic) bond motifs is 1. The maximum Gasteiger partial charge on any atom is 0.259 e. The number of nitrogens with zero attached hydrogens (tertiary/aromatic N) is 2. The molecule has 7 heteroatoms. The van der Waals surface area contributed by atoms with E-state index in [0.29, 0.717) is 16.0 Å². The highest BCUT2D eigenvalue weighted by molar-refractivity contribution is 7.18. The Bertz CT molecular complexity index is 804. The lowest BCUT2D eigenvalue weighted by Gasteiger charge is -2.02. The molecule has 2 rings (SSSR count). The Labute approximate surface area is 139 Å². The minimum Gasteiger partial charge on any atom is -0.309 e. The Morgan fingerprint density at radius 1 is 1.39 bits per heavy atom. The van der Waals surface area contributed by atoms with E-state index >= 15 is 0 Å². The molecule has 0 saturated heterocycles. The maximum atomic E-state index is 12.2. The molecule has 2 N–H and O–H groups in total. The number of rotatable bonds is 6. The van der Waals surface area contributed by atoms with Crippen molar-refractivity contribution in [3.05, 3.63) is 26.6 Å². The minimum atomic E-state index is -0.284. The van der Waals surface area contributed by atoms with Gasteiger partial charge in [-0.05, 0) is 39.2 Å². The normalized spacial score (nSPS) is 11.9. The van der Waals surface area contributed by atoms with Crippen LogP contribution in [0.2, 0.25) is 0 Å². The SMILES string of the molecule is CCCC/C(C)=N\NC(=O)Cc1nc2sc(C)c(C)c2c(=O)[nH]1. The number of unbranched alkanes of at least 4 members (excludes halogenated alkanes) is 1. The number of amides is 1. The summed E-state index contributed by atoms with van der Waals surface area (Å²) in [7, 11) is 0. The Balaban J connectivity index is 2.10. The molecule has 0 spiro atoms. The molecule has 0 aromatic carbocycles. The molecule has 0 fully saturated rings. The fourth-order valence-corrected chi connectivity index (χ4v) is 3.27. The first-order chi connectivity index (χ1) is 10.9. The number of hydrogen-bond donors (Lipinski definition) is 2. The lowest BCUT2D eigenvalue weighted by atomic mass is 10.2. The van der Waals surface area contributed by atoms with Gasteiger partial charge in [0.05, 0.1) is 11.8 Å². The van der Waals surface area contributed by atoms with E-state index in [4.69, 9.17) is 0 Å². The van der Waals surface area contributed by atoms with E-state index in [1.807, 2.05) is 20.8 Å². The van der Waals surface area contributed by atoms with Gasteiger partial charge in [-0.1, -0.05) is 13.3 Å². The van der Waals surface area contributed by atoms with Gasteiger partial charge < -0.3 is 4.98 Å². The largest absolute Gasteiger partial charge is 0.309 e. The predicted octanol–water partition coefficient (Wildman–Crippen LogP) is 2.83. The number of hydrazone groups is 1. The van der Waals surface area contributed by atoms with Gasteiger partial charge in [0.15, 0.2) is 0 Å². The summed E-state index contributed by atoms with van der Waals surface area (Å²) in [5.74, 6) is 0.0796. The summed E-state index contributed by atoms with van der Waals surface area (Å²) in [5.41, 5.74) is 4.16. The van der Waals surface area contributed by atoms with E-state index in [0.717, 1.165) is 35.4 Å². The van der Waals surface area contributed by atoms with E-state index in [9.17, 15) is 9.59 Å². The van der Waals surface area contributed by atoms with Crippen molar-refractivity contribution >= 4 is 33.2 Å². The van der Waals surface area contributed by atoms with Crippen LogP contribution in [0.1, 0.15) is 49.4 Å². The molecular formula is C16H22N4O2S. The van der Waals surface area contributed by atoms with Crippen molar-refractivity contribution in [2.45, 2.75) is 53.4 Å². The zero-order valence-corrected chi connectivity index (χ0v) is 14.8. The number of thiophene rings is 1. The molecule has 2 aromatic heterocycles. The molecule has 0 aliphatic heterocycles. The Kier molecular flexibility index (Phi) is 5.65. The zero-order chi connectivity index (χ0) is 17.0. The van der Waals surface area contributed by atoms with E-state index < -0.39 is 0 Å². The molecule has 0 unspecified atom stereocenters. The summed E-state index contributed by atoms with van der Waals surface area (Å²) >= 11 is 1.47. The van der Waals surface area contributed by atoms with E-state index in [1.165, 1.54) is 11.3 Å². The first-order valence-electron chi connectivity index (χ1n) is 7.73. The van der Waals surface area contributed by atoms with E-state index in [2.05, 4.69) is 27.4 Å². The fourth-order valence-electron chi connectivity index (χ4n) is 2.22. The van der Waals surface area contributed by atoms with Gasteiger partial charge in [0.25, 0.3) is 5.56 Å². The minimum absolute atomic E-state index is 0.00569. The maximum absolute atomic E-state index is 12.2. The molecule has 124 valence electrons. The summed E-state index contributed by atoms with van der Waals surface area (Å²) < 4.78 is 0. The van der Waals surface area contributed by atoms with Crippen LogP contribution < -0.4 is 11.0 Å². The monoisotopic (exact) mass is 334 g/mol. The lowest BCUT2D eigenvalue weighted by molar-refractivity contribution is -0.120. The second kappa shape index (κ2) is 7.50. The van der Waals surface area contributed by atoms with Gasteiger partial charge >= 0.3 is 0 Å². The van der Waals surface area contributed by atoms with Crippen LogP contribution in [0.4, 0.5) is 0 Å². The number of hydrogen-bond acceptors (Lipinski definition) is 5. The van der Waals surface area contributed by atoms with Crippen molar-refractivity contribution in [2.75, 3.05) is 0 Å². The summed E-state index contributed by atoms with van der Waals surface area (Å²) in [6.45, 7) is 7.86. The number of carbonyl (C=O) groups excluding carboxylic acids is 1. The van der Waals surface area contributed by atoms with Gasteiger partial charge in [-0.3, -0.25) is 9.59 Å². The average Bonchev–Trinajstić information content (AvgIpc) is 2.78. The topological polar surface area (TPSA) is 87.2 Å². The van der Waals surface area contributed by atoms with Gasteiger partial charge in [-0.25, -0.2) is 10.4 Å². The number of H-pyrrole nitrogens is 1. The highest BCUT2D eigenvalue weighted by Crippen LogP contribution is 2.25. The van der Waals surface area contributed by atoms with E-state index in [-0.39, 0.29) is 17.9 Å². The summed E-state index contributed by atoms with van der Waals surface area (Å²) in [6, 6.07) is 0. The second-order valence-corrected chi connectivity index (χ2v) is 6.84. The predicted molar refractivity (Wildman–Crippen MR) is 94.2 cm³/mol. The third-order valence-electron chi connectivity index (χ3n) is 3.68. The molecule has 0 bridgehead atoms. The number of nitrogens with one attached hydrogen (secondary N) is 2. The molecule has 0 atom stereocenters. The smallest absolute Gasteiger partial charge is 0.259 e. The van der Waals surface area contributed by atoms with Crippen LogP contribution in [0.5, 0.6) is 0 Å². The highest BCUT2D eigenvalue weighted by Gasteiger charge is 2.13. The first-order valence-corrected chi connectivity index (χ1v) is 8.55. The van der Waals surface area contributed by atoms with Gasteiger partial charge in [-0.15, -0.1) is 11.3 Å². The summed E-state index contributed by atoms with van der Waals surface area (Å²) in [4.78, 5) is 32.9. The second-order valence-electron chi connectivity index (χ2n) is 5.64. The van der Waals surface area contributed by atoms with Crippen LogP contribution in [-0.2, 0) is 11.2 Å². The molecule has 23 heavy (non-hydrogen) atoms. The van der Waals surface area contributed by atoms with Crippen molar-refractivity contribution < 1.29 is 4.79 Å². The van der Waals surface area contributed by atoms with Crippen LogP contribution in [0.15, 0.2) is 9.90 Å². The fraction of sp³-hybridized carbons (Fsp3) is 0.500. The molecule has 0 aliphatic carbocycles. The molecule has 1 amide bonds. The van der Waals surface area contributed by atoms with Crippen molar-refractivity contribution in [1.29, 1.82) is 0 Å². The van der Waals surface area contributed by atoms with Crippen molar-refractivity contribution in [3.8, 4) is 0 Å². The van der Waals surface area contributed by atoms with Crippen LogP contribution in [0.25, 0.3) is 10.2 Å². The average molecular weight is 334 g/mol. The highest BCUT2D eigenvalue weighted by atomic mass is 32.1. The Morgan fingerprint density at radius 2 is 2.13 bits per heavy atom.